The van der Waals surface area contributed by atoms with Crippen LogP contribution in [0, 0.1) is 6.92 Å². The van der Waals surface area contributed by atoms with Crippen molar-refractivity contribution in [3.63, 3.8) is 0 Å². The van der Waals surface area contributed by atoms with Crippen LogP contribution in [0.25, 0.3) is 0 Å². The molecule has 0 aliphatic carbocycles. The minimum atomic E-state index is -4.55. The maximum atomic E-state index is 12.2. The zero-order chi connectivity index (χ0) is 16.1. The van der Waals surface area contributed by atoms with Crippen molar-refractivity contribution < 1.29 is 53.5 Å². The second-order valence-corrected chi connectivity index (χ2v) is 8.57. The van der Waals surface area contributed by atoms with Crippen molar-refractivity contribution in [2.24, 2.45) is 0 Å². The van der Waals surface area contributed by atoms with E-state index in [1.165, 1.54) is 28.0 Å². The largest absolute Gasteiger partial charge is 1.00 e. The number of aryl methyl sites for hydroxylation is 1. The summed E-state index contributed by atoms with van der Waals surface area (Å²) in [5.41, 5.74) is 0. The Morgan fingerprint density at radius 2 is 2.22 bits per heavy atom. The van der Waals surface area contributed by atoms with Crippen molar-refractivity contribution in [2.45, 2.75) is 29.8 Å². The third kappa shape index (κ3) is 3.57. The second kappa shape index (κ2) is 6.94. The van der Waals surface area contributed by atoms with E-state index < -0.39 is 28.3 Å². The van der Waals surface area contributed by atoms with Crippen LogP contribution in [0.1, 0.15) is 12.9 Å². The predicted molar refractivity (Wildman–Crippen MR) is 78.8 cm³/mol. The smallest absolute Gasteiger partial charge is 1.00 e. The molecule has 1 aromatic rings. The number of nitrogens with zero attached hydrogens (tertiary/aromatic N) is 4. The fourth-order valence-electron chi connectivity index (χ4n) is 2.64. The molecule has 0 aromatic carbocycles. The molecule has 0 spiro atoms. The Hall–Kier alpha value is -0.240. The van der Waals surface area contributed by atoms with Gasteiger partial charge < -0.3 is 6.33 Å². The minimum absolute atomic E-state index is 0. The van der Waals surface area contributed by atoms with Gasteiger partial charge in [0.2, 0.25) is 5.91 Å². The van der Waals surface area contributed by atoms with E-state index in [2.05, 4.69) is 10.2 Å². The Morgan fingerprint density at radius 1 is 1.52 bits per heavy atom. The van der Waals surface area contributed by atoms with Crippen LogP contribution in [0.15, 0.2) is 4.34 Å². The molecule has 122 valence electrons. The molecule has 2 aliphatic rings. The molecule has 9 nitrogen and oxygen atoms in total. The maximum absolute atomic E-state index is 12.2. The quantitative estimate of drug-likeness (QED) is 0.246. The summed E-state index contributed by atoms with van der Waals surface area (Å²) in [7, 11) is -4.55. The molecule has 1 aromatic heterocycles. The van der Waals surface area contributed by atoms with Gasteiger partial charge in [-0.15, -0.1) is 10.2 Å². The van der Waals surface area contributed by atoms with Gasteiger partial charge in [0.25, 0.3) is 5.91 Å². The number of β-lactam (4-membered cyclic amide) rings is 1. The summed E-state index contributed by atoms with van der Waals surface area (Å²) in [6.07, 6.45) is 0.338. The topological polar surface area (TPSA) is 121 Å². The number of rotatable bonds is 4. The van der Waals surface area contributed by atoms with Crippen molar-refractivity contribution >= 4 is 45.2 Å². The number of hydrogen-bond donors (Lipinski definition) is 1. The summed E-state index contributed by atoms with van der Waals surface area (Å²) in [5.74, 6) is -0.902. The summed E-state index contributed by atoms with van der Waals surface area (Å²) in [5, 5.41) is 8.54. The molecule has 0 saturated carbocycles. The van der Waals surface area contributed by atoms with Gasteiger partial charge in [-0.3, -0.25) is 14.1 Å². The predicted octanol–water partition coefficient (Wildman–Crippen LogP) is -3.33. The van der Waals surface area contributed by atoms with E-state index in [1.807, 2.05) is 6.92 Å². The fraction of sp³-hybridized carbons (Fsp3) is 0.600. The minimum Gasteiger partial charge on any atom is -1.00 e. The zero-order valence-electron chi connectivity index (χ0n) is 13.4. The Morgan fingerprint density at radius 3 is 2.78 bits per heavy atom. The number of carbonyl (C=O) groups excluding carboxylic acids is 2. The standard InChI is InChI=1S/C10H12N4O5S3.Na.H/c1-5-11-12-10(21-5)20-4-7(15)13-3-2-6-8(13)9(16)14(6)22(17,18)19;;/h6,8H,2-4H2,1H3,(H,17,18,19);;/q;+1;-1/t6-,8+;;/m1../s1. The van der Waals surface area contributed by atoms with Gasteiger partial charge in [0, 0.05) is 6.54 Å². The van der Waals surface area contributed by atoms with E-state index in [0.29, 0.717) is 21.6 Å². The Bertz CT molecular complexity index is 745. The van der Waals surface area contributed by atoms with E-state index >= 15 is 0 Å². The first-order chi connectivity index (χ1) is 10.3. The molecule has 2 aliphatic heterocycles. The van der Waals surface area contributed by atoms with Crippen molar-refractivity contribution in [3.05, 3.63) is 5.01 Å². The van der Waals surface area contributed by atoms with E-state index in [9.17, 15) is 18.0 Å². The normalized spacial score (nSPS) is 23.3. The van der Waals surface area contributed by atoms with Crippen LogP contribution in [0.2, 0.25) is 0 Å². The molecule has 3 rings (SSSR count). The number of hydrogen-bond acceptors (Lipinski definition) is 8. The number of thioether (sulfide) groups is 1. The number of carbonyl (C=O) groups is 2. The van der Waals surface area contributed by atoms with Crippen LogP contribution < -0.4 is 29.6 Å². The van der Waals surface area contributed by atoms with Gasteiger partial charge in [0.1, 0.15) is 11.0 Å². The van der Waals surface area contributed by atoms with Crippen LogP contribution in [0.4, 0.5) is 0 Å². The van der Waals surface area contributed by atoms with Gasteiger partial charge in [0.15, 0.2) is 4.34 Å². The summed E-state index contributed by atoms with van der Waals surface area (Å²) in [6, 6.07) is -1.44. The van der Waals surface area contributed by atoms with E-state index in [4.69, 9.17) is 4.55 Å². The van der Waals surface area contributed by atoms with Crippen molar-refractivity contribution in [3.8, 4) is 0 Å². The molecule has 2 saturated heterocycles. The molecular formula is C10H13N4NaO5S3. The van der Waals surface area contributed by atoms with Crippen molar-refractivity contribution in [1.82, 2.24) is 19.4 Å². The third-order valence-electron chi connectivity index (χ3n) is 3.53. The summed E-state index contributed by atoms with van der Waals surface area (Å²) in [4.78, 5) is 25.4. The second-order valence-electron chi connectivity index (χ2n) is 4.88. The molecule has 0 radical (unpaired) electrons. The van der Waals surface area contributed by atoms with E-state index in [0.717, 1.165) is 5.01 Å². The molecule has 2 fully saturated rings. The van der Waals surface area contributed by atoms with Crippen LogP contribution in [-0.4, -0.2) is 68.6 Å². The van der Waals surface area contributed by atoms with Gasteiger partial charge in [-0.05, 0) is 13.3 Å². The fourth-order valence-corrected chi connectivity index (χ4v) is 5.24. The molecule has 0 unspecified atom stereocenters. The molecule has 1 N–H and O–H groups in total. The summed E-state index contributed by atoms with van der Waals surface area (Å²) in [6.45, 7) is 2.10. The third-order valence-corrected chi connectivity index (χ3v) is 6.44. The van der Waals surface area contributed by atoms with Gasteiger partial charge in [0.05, 0.1) is 11.8 Å². The Balaban J connectivity index is 0.00000144. The maximum Gasteiger partial charge on any atom is 1.00 e. The molecular weight excluding hydrogens is 375 g/mol. The van der Waals surface area contributed by atoms with Crippen LogP contribution >= 0.6 is 23.1 Å². The zero-order valence-corrected chi connectivity index (χ0v) is 16.8. The first-order valence-corrected chi connectivity index (χ1v) is 9.52. The van der Waals surface area contributed by atoms with Gasteiger partial charge in [-0.25, -0.2) is 4.31 Å². The molecule has 3 heterocycles. The number of fused-ring (bicyclic) bond motifs is 1. The molecule has 13 heteroatoms. The molecule has 0 bridgehead atoms. The SMILES string of the molecule is Cc1nnc(SCC(=O)N2CC[C@@H]3[C@H]2C(=O)N3S(=O)(=O)O)s1.[H-].[Na+]. The van der Waals surface area contributed by atoms with E-state index in [-0.39, 0.29) is 42.6 Å². The monoisotopic (exact) mass is 388 g/mol. The first kappa shape index (κ1) is 19.1. The van der Waals surface area contributed by atoms with Crippen LogP contribution in [0.5, 0.6) is 0 Å². The average molecular weight is 388 g/mol. The van der Waals surface area contributed by atoms with Crippen molar-refractivity contribution in [2.75, 3.05) is 12.3 Å². The molecule has 2 atom stereocenters. The first-order valence-electron chi connectivity index (χ1n) is 6.32. The van der Waals surface area contributed by atoms with Gasteiger partial charge >= 0.3 is 39.9 Å². The van der Waals surface area contributed by atoms with Gasteiger partial charge in [-0.1, -0.05) is 23.1 Å². The number of likely N-dealkylation sites (tertiary alicyclic amines) is 1. The summed E-state index contributed by atoms with van der Waals surface area (Å²) < 4.78 is 32.3. The average Bonchev–Trinajstić information content (AvgIpc) is 2.98. The Labute approximate surface area is 164 Å². The Kier molecular flexibility index (Phi) is 5.76. The van der Waals surface area contributed by atoms with Gasteiger partial charge in [-0.2, -0.15) is 8.42 Å². The van der Waals surface area contributed by atoms with Crippen molar-refractivity contribution in [1.29, 1.82) is 0 Å². The molecule has 2 amide bonds. The number of aromatic nitrogens is 2. The molecule has 23 heavy (non-hydrogen) atoms. The van der Waals surface area contributed by atoms with Crippen LogP contribution in [-0.2, 0) is 19.9 Å². The van der Waals surface area contributed by atoms with E-state index in [1.54, 1.807) is 0 Å². The van der Waals surface area contributed by atoms with Crippen LogP contribution in [0.3, 0.4) is 0 Å². The number of amides is 2. The summed E-state index contributed by atoms with van der Waals surface area (Å²) >= 11 is 2.61.